The van der Waals surface area contributed by atoms with Crippen LogP contribution >= 0.6 is 11.8 Å². The summed E-state index contributed by atoms with van der Waals surface area (Å²) in [6.45, 7) is 6.18. The predicted molar refractivity (Wildman–Crippen MR) is 108 cm³/mol. The molecule has 2 rings (SSSR count). The Bertz CT molecular complexity index is 924. The monoisotopic (exact) mass is 407 g/mol. The van der Waals surface area contributed by atoms with Crippen LogP contribution in [0.5, 0.6) is 0 Å². The number of thioether (sulfide) groups is 1. The third-order valence-electron chi connectivity index (χ3n) is 3.83. The van der Waals surface area contributed by atoms with Crippen LogP contribution in [-0.2, 0) is 16.1 Å². The minimum atomic E-state index is -0.764. The van der Waals surface area contributed by atoms with E-state index in [-0.39, 0.29) is 29.3 Å². The first-order valence-corrected chi connectivity index (χ1v) is 9.92. The number of aliphatic hydroxyl groups is 1. The number of benzene rings is 1. The molecular weight excluding hydrogens is 382 g/mol. The van der Waals surface area contributed by atoms with Crippen molar-refractivity contribution in [2.45, 2.75) is 38.6 Å². The zero-order valence-electron chi connectivity index (χ0n) is 16.4. The summed E-state index contributed by atoms with van der Waals surface area (Å²) in [7, 11) is 1.28. The summed E-state index contributed by atoms with van der Waals surface area (Å²) in [5.41, 5.74) is 0.271. The van der Waals surface area contributed by atoms with Gasteiger partial charge in [-0.15, -0.1) is 0 Å². The van der Waals surface area contributed by atoms with Crippen molar-refractivity contribution in [2.75, 3.05) is 19.4 Å². The Morgan fingerprint density at radius 2 is 2.04 bits per heavy atom. The molecule has 1 amide bonds. The molecule has 0 saturated heterocycles. The molecule has 0 spiro atoms. The first-order valence-electron chi connectivity index (χ1n) is 8.93. The fraction of sp³-hybridized carbons (Fsp3) is 0.474. The third kappa shape index (κ3) is 5.56. The van der Waals surface area contributed by atoms with Gasteiger partial charge in [0, 0.05) is 6.54 Å². The molecule has 0 aliphatic heterocycles. The molecule has 152 valence electrons. The second-order valence-corrected chi connectivity index (χ2v) is 7.81. The first kappa shape index (κ1) is 21.9. The maximum absolute atomic E-state index is 12.9. The summed E-state index contributed by atoms with van der Waals surface area (Å²) in [6, 6.07) is 4.49. The molecule has 1 heterocycles. The van der Waals surface area contributed by atoms with E-state index in [1.807, 2.05) is 13.8 Å². The number of fused-ring (bicyclic) bond motifs is 1. The van der Waals surface area contributed by atoms with Crippen molar-refractivity contribution in [3.8, 4) is 0 Å². The van der Waals surface area contributed by atoms with Gasteiger partial charge in [-0.3, -0.25) is 14.2 Å². The number of aromatic nitrogens is 2. The molecule has 1 atom stereocenters. The van der Waals surface area contributed by atoms with E-state index in [4.69, 9.17) is 4.74 Å². The summed E-state index contributed by atoms with van der Waals surface area (Å²) >= 11 is 1.11. The van der Waals surface area contributed by atoms with E-state index in [0.717, 1.165) is 11.8 Å². The maximum Gasteiger partial charge on any atom is 0.337 e. The molecule has 2 N–H and O–H groups in total. The number of carbonyl (C=O) groups excluding carboxylic acids is 2. The van der Waals surface area contributed by atoms with Gasteiger partial charge in [0.1, 0.15) is 0 Å². The number of nitrogens with one attached hydrogen (secondary N) is 1. The van der Waals surface area contributed by atoms with Crippen LogP contribution in [0.25, 0.3) is 10.9 Å². The van der Waals surface area contributed by atoms with E-state index in [1.165, 1.54) is 29.9 Å². The van der Waals surface area contributed by atoms with Gasteiger partial charge < -0.3 is 15.2 Å². The highest BCUT2D eigenvalue weighted by Gasteiger charge is 2.16. The summed E-state index contributed by atoms with van der Waals surface area (Å²) in [5, 5.41) is 13.2. The molecule has 0 aliphatic rings. The fourth-order valence-corrected chi connectivity index (χ4v) is 3.32. The topological polar surface area (TPSA) is 111 Å². The smallest absolute Gasteiger partial charge is 0.337 e. The second kappa shape index (κ2) is 9.70. The molecule has 0 unspecified atom stereocenters. The number of methoxy groups -OCH3 is 1. The van der Waals surface area contributed by atoms with Gasteiger partial charge >= 0.3 is 5.97 Å². The number of aliphatic hydroxyl groups excluding tert-OH is 1. The lowest BCUT2D eigenvalue weighted by Crippen LogP contribution is -2.30. The van der Waals surface area contributed by atoms with Gasteiger partial charge in [-0.25, -0.2) is 9.78 Å². The van der Waals surface area contributed by atoms with Crippen molar-refractivity contribution < 1.29 is 19.4 Å². The Balaban J connectivity index is 2.40. The maximum atomic E-state index is 12.9. The summed E-state index contributed by atoms with van der Waals surface area (Å²) in [4.78, 5) is 41.1. The number of hydrogen-bond donors (Lipinski definition) is 2. The van der Waals surface area contributed by atoms with Crippen LogP contribution in [0.1, 0.15) is 31.1 Å². The van der Waals surface area contributed by atoms with Crippen molar-refractivity contribution in [1.29, 1.82) is 0 Å². The molecule has 9 heteroatoms. The normalized spacial score (nSPS) is 12.2. The number of ether oxygens (including phenoxy) is 1. The summed E-state index contributed by atoms with van der Waals surface area (Å²) < 4.78 is 6.06. The van der Waals surface area contributed by atoms with Crippen LogP contribution in [0.3, 0.4) is 0 Å². The Morgan fingerprint density at radius 1 is 1.32 bits per heavy atom. The van der Waals surface area contributed by atoms with Crippen LogP contribution in [0.4, 0.5) is 0 Å². The average Bonchev–Trinajstić information content (AvgIpc) is 2.65. The number of hydrogen-bond acceptors (Lipinski definition) is 7. The molecular formula is C19H25N3O5S. The minimum Gasteiger partial charge on any atom is -0.465 e. The van der Waals surface area contributed by atoms with Crippen molar-refractivity contribution in [1.82, 2.24) is 14.9 Å². The van der Waals surface area contributed by atoms with Crippen molar-refractivity contribution in [3.63, 3.8) is 0 Å². The molecule has 28 heavy (non-hydrogen) atoms. The van der Waals surface area contributed by atoms with Crippen molar-refractivity contribution in [3.05, 3.63) is 34.1 Å². The second-order valence-electron chi connectivity index (χ2n) is 6.87. The predicted octanol–water partition coefficient (Wildman–Crippen LogP) is 1.43. The number of carbonyl (C=O) groups is 2. The Morgan fingerprint density at radius 3 is 2.64 bits per heavy atom. The van der Waals surface area contributed by atoms with E-state index in [1.54, 1.807) is 6.92 Å². The van der Waals surface area contributed by atoms with Gasteiger partial charge in [-0.2, -0.15) is 0 Å². The van der Waals surface area contributed by atoms with Gasteiger partial charge in [-0.05, 0) is 31.0 Å². The Kier molecular flexibility index (Phi) is 7.59. The van der Waals surface area contributed by atoms with E-state index in [2.05, 4.69) is 10.3 Å². The Labute approximate surface area is 167 Å². The molecule has 8 nitrogen and oxygen atoms in total. The number of rotatable bonds is 8. The standard InChI is InChI=1S/C19H25N3O5S/c1-11(2)8-20-16(24)10-28-19-21-15-7-13(18(26)27-4)5-6-14(15)17(25)22(19)9-12(3)23/h5-7,11-12,23H,8-10H2,1-4H3,(H,20,24)/t12-/m1/s1. The van der Waals surface area contributed by atoms with Crippen molar-refractivity contribution >= 4 is 34.5 Å². The molecule has 1 aromatic heterocycles. The lowest BCUT2D eigenvalue weighted by Gasteiger charge is -2.15. The molecule has 2 aromatic rings. The van der Waals surface area contributed by atoms with Crippen LogP contribution in [-0.4, -0.2) is 52.0 Å². The quantitative estimate of drug-likeness (QED) is 0.387. The van der Waals surface area contributed by atoms with E-state index in [9.17, 15) is 19.5 Å². The van der Waals surface area contributed by atoms with E-state index >= 15 is 0 Å². The molecule has 0 saturated carbocycles. The zero-order valence-corrected chi connectivity index (χ0v) is 17.2. The molecule has 0 bridgehead atoms. The average molecular weight is 407 g/mol. The van der Waals surface area contributed by atoms with Crippen LogP contribution in [0, 0.1) is 5.92 Å². The van der Waals surface area contributed by atoms with Crippen LogP contribution in [0.15, 0.2) is 28.2 Å². The number of amides is 1. The van der Waals surface area contributed by atoms with Gasteiger partial charge in [0.2, 0.25) is 5.91 Å². The summed E-state index contributed by atoms with van der Waals surface area (Å²) in [6.07, 6.45) is -0.764. The van der Waals surface area contributed by atoms with Gasteiger partial charge in [0.05, 0.1) is 42.0 Å². The summed E-state index contributed by atoms with van der Waals surface area (Å²) in [5.74, 6) is -0.279. The lowest BCUT2D eigenvalue weighted by atomic mass is 10.1. The highest BCUT2D eigenvalue weighted by molar-refractivity contribution is 7.99. The number of nitrogens with zero attached hydrogens (tertiary/aromatic N) is 2. The first-order chi connectivity index (χ1) is 13.2. The molecule has 0 fully saturated rings. The zero-order chi connectivity index (χ0) is 20.8. The van der Waals surface area contributed by atoms with E-state index < -0.39 is 12.1 Å². The number of esters is 1. The highest BCUT2D eigenvalue weighted by atomic mass is 32.2. The highest BCUT2D eigenvalue weighted by Crippen LogP contribution is 2.19. The SMILES string of the molecule is COC(=O)c1ccc2c(=O)n(C[C@@H](C)O)c(SCC(=O)NCC(C)C)nc2c1. The lowest BCUT2D eigenvalue weighted by molar-refractivity contribution is -0.118. The Hall–Kier alpha value is -2.39. The molecule has 0 radical (unpaired) electrons. The fourth-order valence-electron chi connectivity index (χ4n) is 2.48. The van der Waals surface area contributed by atoms with Gasteiger partial charge in [-0.1, -0.05) is 25.6 Å². The molecule has 0 aliphatic carbocycles. The third-order valence-corrected chi connectivity index (χ3v) is 4.80. The largest absolute Gasteiger partial charge is 0.465 e. The minimum absolute atomic E-state index is 0.0521. The van der Waals surface area contributed by atoms with Gasteiger partial charge in [0.25, 0.3) is 5.56 Å². The van der Waals surface area contributed by atoms with Crippen LogP contribution < -0.4 is 10.9 Å². The van der Waals surface area contributed by atoms with Crippen molar-refractivity contribution in [2.24, 2.45) is 5.92 Å². The van der Waals surface area contributed by atoms with E-state index in [0.29, 0.717) is 28.5 Å². The molecule has 1 aromatic carbocycles. The van der Waals surface area contributed by atoms with Gasteiger partial charge in [0.15, 0.2) is 5.16 Å². The van der Waals surface area contributed by atoms with Crippen LogP contribution in [0.2, 0.25) is 0 Å².